The van der Waals surface area contributed by atoms with Crippen molar-refractivity contribution in [2.45, 2.75) is 38.9 Å². The summed E-state index contributed by atoms with van der Waals surface area (Å²) in [6.45, 7) is 4.84. The summed E-state index contributed by atoms with van der Waals surface area (Å²) in [5.74, 6) is -0.0437. The minimum absolute atomic E-state index is 0.163. The first kappa shape index (κ1) is 16.4. The van der Waals surface area contributed by atoms with Crippen LogP contribution in [0.3, 0.4) is 0 Å². The average molecular weight is 334 g/mol. The Labute approximate surface area is 139 Å². The van der Waals surface area contributed by atoms with Crippen LogP contribution in [0.25, 0.3) is 10.2 Å². The maximum Gasteiger partial charge on any atom is 0.252 e. The predicted molar refractivity (Wildman–Crippen MR) is 90.1 cm³/mol. The first-order chi connectivity index (χ1) is 10.9. The van der Waals surface area contributed by atoms with E-state index in [2.05, 4.69) is 24.1 Å². The number of carbonyl (C=O) groups is 1. The van der Waals surface area contributed by atoms with Crippen LogP contribution < -0.4 is 5.32 Å². The van der Waals surface area contributed by atoms with Crippen molar-refractivity contribution in [2.75, 3.05) is 6.54 Å². The summed E-state index contributed by atoms with van der Waals surface area (Å²) in [7, 11) is 0. The van der Waals surface area contributed by atoms with Crippen LogP contribution in [0.1, 0.15) is 37.8 Å². The Morgan fingerprint density at radius 3 is 2.65 bits per heavy atom. The predicted octanol–water partition coefficient (Wildman–Crippen LogP) is 2.24. The highest BCUT2D eigenvalue weighted by Gasteiger charge is 2.45. The molecule has 124 valence electrons. The molecule has 1 aromatic carbocycles. The lowest BCUT2D eigenvalue weighted by atomic mass is 9.92. The van der Waals surface area contributed by atoms with Crippen LogP contribution in [0.4, 0.5) is 0 Å². The summed E-state index contributed by atoms with van der Waals surface area (Å²) in [6.07, 6.45) is -0.608. The largest absolute Gasteiger partial charge is 0.383 e. The lowest BCUT2D eigenvalue weighted by molar-refractivity contribution is -0.135. The lowest BCUT2D eigenvalue weighted by Gasteiger charge is -2.22. The van der Waals surface area contributed by atoms with E-state index in [-0.39, 0.29) is 5.41 Å². The van der Waals surface area contributed by atoms with E-state index in [9.17, 15) is 15.0 Å². The second-order valence-corrected chi connectivity index (χ2v) is 7.71. The molecular formula is C17H22N2O3S. The minimum Gasteiger partial charge on any atom is -0.383 e. The molecule has 5 nitrogen and oxygen atoms in total. The number of aromatic nitrogens is 1. The number of aliphatic hydroxyl groups is 2. The van der Waals surface area contributed by atoms with Gasteiger partial charge in [0.2, 0.25) is 0 Å². The van der Waals surface area contributed by atoms with E-state index in [4.69, 9.17) is 0 Å². The van der Waals surface area contributed by atoms with Gasteiger partial charge in [0.05, 0.1) is 10.2 Å². The molecule has 1 saturated carbocycles. The van der Waals surface area contributed by atoms with Crippen molar-refractivity contribution in [3.05, 3.63) is 29.3 Å². The van der Waals surface area contributed by atoms with E-state index in [0.29, 0.717) is 17.5 Å². The number of rotatable bonds is 6. The smallest absolute Gasteiger partial charge is 0.252 e. The number of aliphatic hydroxyl groups excluding tert-OH is 2. The highest BCUT2D eigenvalue weighted by atomic mass is 32.1. The Hall–Kier alpha value is -1.50. The zero-order chi connectivity index (χ0) is 16.6. The number of nitrogens with one attached hydrogen (secondary N) is 1. The van der Waals surface area contributed by atoms with Gasteiger partial charge in [0, 0.05) is 6.54 Å². The van der Waals surface area contributed by atoms with Crippen LogP contribution in [0.2, 0.25) is 0 Å². The van der Waals surface area contributed by atoms with Crippen molar-refractivity contribution in [3.8, 4) is 0 Å². The molecule has 3 N–H and O–H groups in total. The van der Waals surface area contributed by atoms with Gasteiger partial charge < -0.3 is 15.5 Å². The molecule has 1 aromatic heterocycles. The van der Waals surface area contributed by atoms with E-state index in [0.717, 1.165) is 23.1 Å². The quantitative estimate of drug-likeness (QED) is 0.757. The number of fused-ring (bicyclic) bond motifs is 1. The third kappa shape index (κ3) is 3.24. The summed E-state index contributed by atoms with van der Waals surface area (Å²) in [5, 5.41) is 23.5. The van der Waals surface area contributed by atoms with Gasteiger partial charge in [-0.15, -0.1) is 11.3 Å². The summed E-state index contributed by atoms with van der Waals surface area (Å²) in [6, 6.07) is 7.49. The van der Waals surface area contributed by atoms with Gasteiger partial charge in [0.1, 0.15) is 11.1 Å². The first-order valence-corrected chi connectivity index (χ1v) is 8.74. The number of amides is 1. The molecular weight excluding hydrogens is 312 g/mol. The van der Waals surface area contributed by atoms with Crippen molar-refractivity contribution < 1.29 is 15.0 Å². The normalized spacial score (nSPS) is 18.8. The summed E-state index contributed by atoms with van der Waals surface area (Å²) >= 11 is 1.29. The molecule has 23 heavy (non-hydrogen) atoms. The van der Waals surface area contributed by atoms with E-state index < -0.39 is 18.1 Å². The van der Waals surface area contributed by atoms with Gasteiger partial charge in [-0.2, -0.15) is 0 Å². The van der Waals surface area contributed by atoms with Gasteiger partial charge in [0.25, 0.3) is 5.91 Å². The third-order valence-corrected chi connectivity index (χ3v) is 5.97. The lowest BCUT2D eigenvalue weighted by Crippen LogP contribution is -2.41. The van der Waals surface area contributed by atoms with E-state index >= 15 is 0 Å². The molecule has 0 saturated heterocycles. The van der Waals surface area contributed by atoms with Crippen molar-refractivity contribution in [1.29, 1.82) is 0 Å². The molecule has 2 aromatic rings. The number of para-hydroxylation sites is 1. The molecule has 0 bridgehead atoms. The topological polar surface area (TPSA) is 82.5 Å². The van der Waals surface area contributed by atoms with Gasteiger partial charge in [-0.25, -0.2) is 4.98 Å². The number of hydrogen-bond acceptors (Lipinski definition) is 5. The molecule has 1 aliphatic rings. The fourth-order valence-corrected chi connectivity index (χ4v) is 3.77. The highest BCUT2D eigenvalue weighted by Crippen LogP contribution is 2.51. The summed E-state index contributed by atoms with van der Waals surface area (Å²) < 4.78 is 0.922. The van der Waals surface area contributed by atoms with Crippen molar-refractivity contribution >= 4 is 27.5 Å². The second kappa shape index (κ2) is 6.19. The molecule has 0 aliphatic heterocycles. The monoisotopic (exact) mass is 334 g/mol. The van der Waals surface area contributed by atoms with Crippen LogP contribution in [-0.4, -0.2) is 33.8 Å². The third-order valence-electron chi connectivity index (χ3n) is 4.86. The molecule has 1 fully saturated rings. The maximum absolute atomic E-state index is 12.1. The van der Waals surface area contributed by atoms with E-state index in [1.165, 1.54) is 11.3 Å². The zero-order valence-corrected chi connectivity index (χ0v) is 14.1. The number of nitrogens with zero attached hydrogens (tertiary/aromatic N) is 1. The summed E-state index contributed by atoms with van der Waals surface area (Å²) in [4.78, 5) is 16.4. The number of thiazole rings is 1. The van der Waals surface area contributed by atoms with Crippen LogP contribution in [0.15, 0.2) is 24.3 Å². The highest BCUT2D eigenvalue weighted by molar-refractivity contribution is 7.18. The van der Waals surface area contributed by atoms with Crippen molar-refractivity contribution in [3.63, 3.8) is 0 Å². The van der Waals surface area contributed by atoms with Crippen molar-refractivity contribution in [1.82, 2.24) is 10.3 Å². The molecule has 6 heteroatoms. The number of carbonyl (C=O) groups excluding carboxylic acids is 1. The maximum atomic E-state index is 12.1. The summed E-state index contributed by atoms with van der Waals surface area (Å²) in [5.41, 5.74) is 0.923. The fourth-order valence-electron chi connectivity index (χ4n) is 2.78. The van der Waals surface area contributed by atoms with Gasteiger partial charge >= 0.3 is 0 Å². The van der Waals surface area contributed by atoms with Gasteiger partial charge in [-0.05, 0) is 36.3 Å². The van der Waals surface area contributed by atoms with Crippen LogP contribution in [0, 0.1) is 11.3 Å². The van der Waals surface area contributed by atoms with Gasteiger partial charge in [-0.3, -0.25) is 4.79 Å². The number of benzene rings is 1. The fraction of sp³-hybridized carbons (Fsp3) is 0.529. The van der Waals surface area contributed by atoms with Crippen molar-refractivity contribution in [2.24, 2.45) is 11.3 Å². The van der Waals surface area contributed by atoms with Crippen LogP contribution in [0.5, 0.6) is 0 Å². The Balaban J connectivity index is 1.64. The Bertz CT molecular complexity index is 676. The Morgan fingerprint density at radius 2 is 2.04 bits per heavy atom. The molecule has 1 aliphatic carbocycles. The molecule has 1 amide bonds. The minimum atomic E-state index is -1.50. The van der Waals surface area contributed by atoms with Crippen LogP contribution in [-0.2, 0) is 4.79 Å². The van der Waals surface area contributed by atoms with Gasteiger partial charge in [0.15, 0.2) is 6.10 Å². The molecule has 2 unspecified atom stereocenters. The molecule has 0 radical (unpaired) electrons. The average Bonchev–Trinajstić information content (AvgIpc) is 3.22. The van der Waals surface area contributed by atoms with E-state index in [1.807, 2.05) is 24.3 Å². The van der Waals surface area contributed by atoms with E-state index in [1.54, 1.807) is 0 Å². The molecule has 0 spiro atoms. The Morgan fingerprint density at radius 1 is 1.35 bits per heavy atom. The standard InChI is InChI=1S/C17H22N2O3S/c1-10(2)17(7-8-17)9-18-15(22)13(20)14(21)16-19-11-5-3-4-6-12(11)23-16/h3-6,10,13-14,20-21H,7-9H2,1-2H3,(H,18,22). The SMILES string of the molecule is CC(C)C1(CNC(=O)C(O)C(O)c2nc3ccccc3s2)CC1. The first-order valence-electron chi connectivity index (χ1n) is 7.92. The Kier molecular flexibility index (Phi) is 4.40. The second-order valence-electron chi connectivity index (χ2n) is 6.64. The van der Waals surface area contributed by atoms with Crippen LogP contribution >= 0.6 is 11.3 Å². The van der Waals surface area contributed by atoms with Gasteiger partial charge in [-0.1, -0.05) is 26.0 Å². The zero-order valence-electron chi connectivity index (χ0n) is 13.3. The molecule has 2 atom stereocenters. The molecule has 1 heterocycles. The molecule has 3 rings (SSSR count). The number of hydrogen-bond donors (Lipinski definition) is 3.